The first kappa shape index (κ1) is 19.0. The summed E-state index contributed by atoms with van der Waals surface area (Å²) in [6.07, 6.45) is 10.7. The maximum atomic E-state index is 13.1. The fraction of sp³-hybridized carbons (Fsp3) is 0.800. The minimum atomic E-state index is -0.172. The Labute approximate surface area is 150 Å². The van der Waals surface area contributed by atoms with Crippen LogP contribution in [-0.2, 0) is 18.9 Å². The van der Waals surface area contributed by atoms with E-state index in [1.165, 1.54) is 0 Å². The zero-order chi connectivity index (χ0) is 17.5. The molecule has 142 valence electrons. The van der Waals surface area contributed by atoms with Crippen LogP contribution in [0.25, 0.3) is 0 Å². The molecule has 0 spiro atoms. The van der Waals surface area contributed by atoms with Crippen LogP contribution in [0.5, 0.6) is 0 Å². The normalized spacial score (nSPS) is 37.2. The lowest BCUT2D eigenvalue weighted by molar-refractivity contribution is -0.232. The van der Waals surface area contributed by atoms with E-state index in [4.69, 9.17) is 18.9 Å². The molecule has 5 heteroatoms. The average molecular weight is 354 g/mol. The van der Waals surface area contributed by atoms with Crippen LogP contribution in [-0.4, -0.2) is 39.0 Å². The first-order chi connectivity index (χ1) is 12.2. The van der Waals surface area contributed by atoms with Gasteiger partial charge in [-0.3, -0.25) is 0 Å². The summed E-state index contributed by atoms with van der Waals surface area (Å²) in [7, 11) is 0. The largest absolute Gasteiger partial charge is 0.352 e. The SMILES string of the molecule is CC/C=C/[C@H]1CO[C@H](CCC2COC(C3CC=C(F)CC3)OC2)OC1. The highest BCUT2D eigenvalue weighted by Crippen LogP contribution is 2.31. The molecule has 0 radical (unpaired) electrons. The zero-order valence-corrected chi connectivity index (χ0v) is 15.2. The van der Waals surface area contributed by atoms with Gasteiger partial charge < -0.3 is 18.9 Å². The van der Waals surface area contributed by atoms with Gasteiger partial charge in [-0.15, -0.1) is 0 Å². The fourth-order valence-electron chi connectivity index (χ4n) is 3.60. The van der Waals surface area contributed by atoms with Crippen molar-refractivity contribution in [3.63, 3.8) is 0 Å². The first-order valence-corrected chi connectivity index (χ1v) is 9.72. The van der Waals surface area contributed by atoms with Crippen molar-refractivity contribution in [3.05, 3.63) is 24.1 Å². The number of hydrogen-bond donors (Lipinski definition) is 0. The van der Waals surface area contributed by atoms with Gasteiger partial charge in [0.25, 0.3) is 0 Å². The van der Waals surface area contributed by atoms with Crippen LogP contribution in [0.2, 0.25) is 0 Å². The van der Waals surface area contributed by atoms with Crippen molar-refractivity contribution in [1.29, 1.82) is 0 Å². The van der Waals surface area contributed by atoms with E-state index in [0.717, 1.165) is 45.3 Å². The molecule has 0 aromatic heterocycles. The Bertz CT molecular complexity index is 449. The molecule has 1 unspecified atom stereocenters. The maximum absolute atomic E-state index is 13.1. The van der Waals surface area contributed by atoms with E-state index in [1.807, 2.05) is 0 Å². The van der Waals surface area contributed by atoms with Gasteiger partial charge >= 0.3 is 0 Å². The lowest BCUT2D eigenvalue weighted by Crippen LogP contribution is -2.38. The summed E-state index contributed by atoms with van der Waals surface area (Å²) in [6.45, 7) is 5.04. The van der Waals surface area contributed by atoms with Gasteiger partial charge in [-0.2, -0.15) is 0 Å². The predicted octanol–water partition coefficient (Wildman–Crippen LogP) is 4.36. The molecule has 0 N–H and O–H groups in total. The average Bonchev–Trinajstić information content (AvgIpc) is 2.67. The van der Waals surface area contributed by atoms with Gasteiger partial charge in [-0.25, -0.2) is 4.39 Å². The summed E-state index contributed by atoms with van der Waals surface area (Å²) in [5.74, 6) is 1.06. The summed E-state index contributed by atoms with van der Waals surface area (Å²) in [6, 6.07) is 0. The highest BCUT2D eigenvalue weighted by Gasteiger charge is 2.31. The molecule has 4 nitrogen and oxygen atoms in total. The summed E-state index contributed by atoms with van der Waals surface area (Å²) >= 11 is 0. The molecule has 2 fully saturated rings. The Morgan fingerprint density at radius 1 is 1.08 bits per heavy atom. The molecular weight excluding hydrogens is 323 g/mol. The van der Waals surface area contributed by atoms with Gasteiger partial charge in [0, 0.05) is 17.8 Å². The van der Waals surface area contributed by atoms with E-state index in [1.54, 1.807) is 6.08 Å². The minimum Gasteiger partial charge on any atom is -0.352 e. The molecule has 0 saturated carbocycles. The van der Waals surface area contributed by atoms with Crippen molar-refractivity contribution >= 4 is 0 Å². The maximum Gasteiger partial charge on any atom is 0.160 e. The molecule has 2 aliphatic heterocycles. The third-order valence-corrected chi connectivity index (χ3v) is 5.22. The molecule has 0 bridgehead atoms. The molecule has 1 aliphatic carbocycles. The molecule has 3 aliphatic rings. The van der Waals surface area contributed by atoms with E-state index >= 15 is 0 Å². The molecular formula is C20H31FO4. The summed E-state index contributed by atoms with van der Waals surface area (Å²) in [4.78, 5) is 0. The molecule has 25 heavy (non-hydrogen) atoms. The fourth-order valence-corrected chi connectivity index (χ4v) is 3.60. The van der Waals surface area contributed by atoms with Crippen LogP contribution >= 0.6 is 0 Å². The van der Waals surface area contributed by atoms with E-state index in [2.05, 4.69) is 19.1 Å². The Morgan fingerprint density at radius 3 is 2.48 bits per heavy atom. The summed E-state index contributed by atoms with van der Waals surface area (Å²) < 4.78 is 36.5. The Kier molecular flexibility index (Phi) is 7.47. The zero-order valence-electron chi connectivity index (χ0n) is 15.2. The highest BCUT2D eigenvalue weighted by molar-refractivity contribution is 4.98. The van der Waals surface area contributed by atoms with Gasteiger partial charge in [0.15, 0.2) is 12.6 Å². The van der Waals surface area contributed by atoms with E-state index in [-0.39, 0.29) is 18.4 Å². The molecule has 0 amide bonds. The van der Waals surface area contributed by atoms with Crippen LogP contribution in [0, 0.1) is 17.8 Å². The van der Waals surface area contributed by atoms with Crippen molar-refractivity contribution < 1.29 is 23.3 Å². The molecule has 2 heterocycles. The predicted molar refractivity (Wildman–Crippen MR) is 93.6 cm³/mol. The molecule has 2 saturated heterocycles. The van der Waals surface area contributed by atoms with E-state index in [9.17, 15) is 4.39 Å². The summed E-state index contributed by atoms with van der Waals surface area (Å²) in [5, 5.41) is 0. The quantitative estimate of drug-likeness (QED) is 0.664. The second-order valence-corrected chi connectivity index (χ2v) is 7.36. The number of allylic oxidation sites excluding steroid dienone is 3. The second-order valence-electron chi connectivity index (χ2n) is 7.36. The smallest absolute Gasteiger partial charge is 0.160 e. The van der Waals surface area contributed by atoms with Crippen molar-refractivity contribution in [2.45, 2.75) is 58.0 Å². The van der Waals surface area contributed by atoms with Gasteiger partial charge in [0.2, 0.25) is 0 Å². The van der Waals surface area contributed by atoms with E-state index in [0.29, 0.717) is 37.4 Å². The lowest BCUT2D eigenvalue weighted by atomic mass is 9.92. The number of halogens is 1. The Hall–Kier alpha value is -0.750. The standard InChI is InChI=1S/C20H31FO4/c1-2-3-4-15-11-22-19(23-12-15)10-5-16-13-24-20(25-14-16)17-6-8-18(21)9-7-17/h3-4,8,15-17,19-20H,2,5-7,9-14H2,1H3/b4-3+/t15-,16?,17?,19-,20?. The topological polar surface area (TPSA) is 36.9 Å². The Balaban J connectivity index is 1.30. The van der Waals surface area contributed by atoms with E-state index < -0.39 is 0 Å². The number of hydrogen-bond acceptors (Lipinski definition) is 4. The molecule has 0 aromatic rings. The number of rotatable bonds is 6. The van der Waals surface area contributed by atoms with Crippen molar-refractivity contribution in [2.24, 2.45) is 17.8 Å². The van der Waals surface area contributed by atoms with Crippen molar-refractivity contribution in [1.82, 2.24) is 0 Å². The third kappa shape index (κ3) is 5.88. The number of ether oxygens (including phenoxy) is 4. The first-order valence-electron chi connectivity index (χ1n) is 9.72. The molecule has 3 rings (SSSR count). The van der Waals surface area contributed by atoms with Gasteiger partial charge in [0.05, 0.1) is 32.3 Å². The van der Waals surface area contributed by atoms with Gasteiger partial charge in [-0.1, -0.05) is 25.2 Å². The third-order valence-electron chi connectivity index (χ3n) is 5.22. The van der Waals surface area contributed by atoms with Crippen LogP contribution in [0.1, 0.15) is 45.4 Å². The summed E-state index contributed by atoms with van der Waals surface area (Å²) in [5.41, 5.74) is 0. The highest BCUT2D eigenvalue weighted by atomic mass is 19.1. The molecule has 0 aromatic carbocycles. The van der Waals surface area contributed by atoms with Crippen LogP contribution < -0.4 is 0 Å². The lowest BCUT2D eigenvalue weighted by Gasteiger charge is -2.35. The second kappa shape index (κ2) is 9.81. The monoisotopic (exact) mass is 354 g/mol. The van der Waals surface area contributed by atoms with Gasteiger partial charge in [-0.05, 0) is 38.5 Å². The van der Waals surface area contributed by atoms with Crippen molar-refractivity contribution in [2.75, 3.05) is 26.4 Å². The molecule has 1 atom stereocenters. The van der Waals surface area contributed by atoms with Crippen LogP contribution in [0.3, 0.4) is 0 Å². The van der Waals surface area contributed by atoms with Crippen LogP contribution in [0.15, 0.2) is 24.1 Å². The van der Waals surface area contributed by atoms with Crippen LogP contribution in [0.4, 0.5) is 4.39 Å². The van der Waals surface area contributed by atoms with Crippen molar-refractivity contribution in [3.8, 4) is 0 Å². The minimum absolute atomic E-state index is 0.00448. The Morgan fingerprint density at radius 2 is 1.84 bits per heavy atom. The van der Waals surface area contributed by atoms with Gasteiger partial charge in [0.1, 0.15) is 0 Å².